The van der Waals surface area contributed by atoms with Crippen LogP contribution in [0.1, 0.15) is 52.0 Å². The lowest BCUT2D eigenvalue weighted by Crippen LogP contribution is -2.50. The lowest BCUT2D eigenvalue weighted by Gasteiger charge is -2.34. The summed E-state index contributed by atoms with van der Waals surface area (Å²) in [4.78, 5) is 14.0. The molecule has 8 heteroatoms. The predicted octanol–water partition coefficient (Wildman–Crippen LogP) is 4.22. The van der Waals surface area contributed by atoms with Crippen molar-refractivity contribution in [2.24, 2.45) is 0 Å². The molecule has 2 atom stereocenters. The van der Waals surface area contributed by atoms with E-state index in [-0.39, 0.29) is 6.61 Å². The molecule has 2 aromatic rings. The summed E-state index contributed by atoms with van der Waals surface area (Å²) in [5, 5.41) is 12.9. The minimum absolute atomic E-state index is 0.203. The molecule has 1 aromatic heterocycles. The zero-order chi connectivity index (χ0) is 21.4. The molecule has 158 valence electrons. The molecule has 2 unspecified atom stereocenters. The van der Waals surface area contributed by atoms with Crippen LogP contribution in [-0.2, 0) is 16.1 Å². The van der Waals surface area contributed by atoms with E-state index in [1.165, 1.54) is 4.90 Å². The fourth-order valence-electron chi connectivity index (χ4n) is 3.45. The van der Waals surface area contributed by atoms with Gasteiger partial charge in [0.15, 0.2) is 5.76 Å². The fraction of sp³-hybridized carbons (Fsp3) is 0.524. The van der Waals surface area contributed by atoms with Gasteiger partial charge in [-0.1, -0.05) is 29.4 Å². The molecule has 0 spiro atoms. The summed E-state index contributed by atoms with van der Waals surface area (Å²) in [5.41, 5.74) is 0.216. The van der Waals surface area contributed by atoms with E-state index >= 15 is 0 Å². The van der Waals surface area contributed by atoms with Crippen molar-refractivity contribution in [2.45, 2.75) is 64.7 Å². The predicted molar refractivity (Wildman–Crippen MR) is 104 cm³/mol. The fourth-order valence-corrected chi connectivity index (χ4v) is 3.45. The number of aliphatic hydroxyl groups is 1. The zero-order valence-electron chi connectivity index (χ0n) is 17.3. The summed E-state index contributed by atoms with van der Waals surface area (Å²) < 4.78 is 30.8. The van der Waals surface area contributed by atoms with Gasteiger partial charge in [-0.15, -0.1) is 0 Å². The number of hydrogen-bond donors (Lipinski definition) is 1. The van der Waals surface area contributed by atoms with Crippen LogP contribution in [0.25, 0.3) is 11.3 Å². The molecule has 1 aliphatic heterocycles. The van der Waals surface area contributed by atoms with Crippen molar-refractivity contribution >= 4 is 6.09 Å². The Labute approximate surface area is 169 Å². The highest BCUT2D eigenvalue weighted by atomic mass is 19.1. The number of hydrogen-bond acceptors (Lipinski definition) is 6. The lowest BCUT2D eigenvalue weighted by atomic mass is 10.0. The number of halogens is 1. The number of nitrogens with zero attached hydrogens (tertiary/aromatic N) is 2. The number of amides is 1. The SMILES string of the molecule is CC(C)(C)OC(=O)N1C(CF)C(c2ccc(-c3cc(CO)no3)cc2)OC1(C)C. The Morgan fingerprint density at radius 3 is 2.48 bits per heavy atom. The Kier molecular flexibility index (Phi) is 5.69. The molecule has 0 saturated carbocycles. The molecule has 1 aliphatic rings. The molecule has 3 rings (SSSR count). The number of carbonyl (C=O) groups is 1. The highest BCUT2D eigenvalue weighted by Gasteiger charge is 2.51. The maximum atomic E-state index is 14.0. The van der Waals surface area contributed by atoms with Crippen LogP contribution < -0.4 is 0 Å². The molecular formula is C21H27FN2O5. The Balaban J connectivity index is 1.85. The third kappa shape index (κ3) is 4.43. The van der Waals surface area contributed by atoms with Gasteiger partial charge in [0.25, 0.3) is 0 Å². The van der Waals surface area contributed by atoms with Crippen molar-refractivity contribution < 1.29 is 28.3 Å². The monoisotopic (exact) mass is 406 g/mol. The van der Waals surface area contributed by atoms with Crippen LogP contribution >= 0.6 is 0 Å². The Morgan fingerprint density at radius 1 is 1.31 bits per heavy atom. The van der Waals surface area contributed by atoms with Crippen molar-refractivity contribution in [2.75, 3.05) is 6.67 Å². The number of alkyl halides is 1. The summed E-state index contributed by atoms with van der Waals surface area (Å²) >= 11 is 0. The molecule has 0 aliphatic carbocycles. The van der Waals surface area contributed by atoms with Gasteiger partial charge in [-0.25, -0.2) is 9.18 Å². The lowest BCUT2D eigenvalue weighted by molar-refractivity contribution is -0.0797. The number of aromatic nitrogens is 1. The third-order valence-corrected chi connectivity index (χ3v) is 4.67. The molecule has 1 amide bonds. The largest absolute Gasteiger partial charge is 0.444 e. The van der Waals surface area contributed by atoms with E-state index in [0.29, 0.717) is 11.5 Å². The Hall–Kier alpha value is -2.45. The first-order valence-corrected chi connectivity index (χ1v) is 9.48. The summed E-state index contributed by atoms with van der Waals surface area (Å²) in [5.74, 6) is 0.519. The first-order chi connectivity index (χ1) is 13.6. The van der Waals surface area contributed by atoms with Crippen molar-refractivity contribution in [3.63, 3.8) is 0 Å². The third-order valence-electron chi connectivity index (χ3n) is 4.67. The van der Waals surface area contributed by atoms with Gasteiger partial charge in [0.2, 0.25) is 0 Å². The Morgan fingerprint density at radius 2 is 1.97 bits per heavy atom. The van der Waals surface area contributed by atoms with Crippen molar-refractivity contribution in [1.82, 2.24) is 10.1 Å². The molecule has 0 bridgehead atoms. The van der Waals surface area contributed by atoms with E-state index < -0.39 is 36.2 Å². The second-order valence-corrected chi connectivity index (χ2v) is 8.52. The smallest absolute Gasteiger partial charge is 0.413 e. The maximum Gasteiger partial charge on any atom is 0.413 e. The van der Waals surface area contributed by atoms with Gasteiger partial charge >= 0.3 is 6.09 Å². The topological polar surface area (TPSA) is 85.0 Å². The molecule has 0 radical (unpaired) electrons. The molecule has 1 N–H and O–H groups in total. The van der Waals surface area contributed by atoms with Gasteiger partial charge in [0.1, 0.15) is 29.8 Å². The first-order valence-electron chi connectivity index (χ1n) is 9.48. The summed E-state index contributed by atoms with van der Waals surface area (Å²) in [6.07, 6.45) is -1.25. The molecule has 1 fully saturated rings. The number of carbonyl (C=O) groups excluding carboxylic acids is 1. The van der Waals surface area contributed by atoms with Crippen molar-refractivity contribution in [3.05, 3.63) is 41.6 Å². The van der Waals surface area contributed by atoms with Crippen molar-refractivity contribution in [1.29, 1.82) is 0 Å². The van der Waals surface area contributed by atoms with Gasteiger partial charge < -0.3 is 19.1 Å². The van der Waals surface area contributed by atoms with Crippen molar-refractivity contribution in [3.8, 4) is 11.3 Å². The maximum absolute atomic E-state index is 14.0. The first kappa shape index (κ1) is 21.3. The normalized spacial score (nSPS) is 21.4. The molecular weight excluding hydrogens is 379 g/mol. The molecule has 1 saturated heterocycles. The van der Waals surface area contributed by atoms with Crippen LogP contribution in [0.15, 0.2) is 34.9 Å². The minimum Gasteiger partial charge on any atom is -0.444 e. The van der Waals surface area contributed by atoms with E-state index in [0.717, 1.165) is 11.1 Å². The molecule has 29 heavy (non-hydrogen) atoms. The number of aliphatic hydroxyl groups excluding tert-OH is 1. The summed E-state index contributed by atoms with van der Waals surface area (Å²) in [6, 6.07) is 8.06. The summed E-state index contributed by atoms with van der Waals surface area (Å²) in [6.45, 7) is 7.77. The molecule has 7 nitrogen and oxygen atoms in total. The van der Waals surface area contributed by atoms with E-state index in [1.54, 1.807) is 65.0 Å². The molecule has 1 aromatic carbocycles. The second-order valence-electron chi connectivity index (χ2n) is 8.52. The molecule has 2 heterocycles. The van der Waals surface area contributed by atoms with Gasteiger partial charge in [-0.2, -0.15) is 0 Å². The zero-order valence-corrected chi connectivity index (χ0v) is 17.3. The average molecular weight is 406 g/mol. The summed E-state index contributed by atoms with van der Waals surface area (Å²) in [7, 11) is 0. The van der Waals surface area contributed by atoms with Crippen LogP contribution in [0.3, 0.4) is 0 Å². The van der Waals surface area contributed by atoms with Gasteiger partial charge in [0.05, 0.1) is 12.6 Å². The van der Waals surface area contributed by atoms with Crippen LogP contribution in [0.5, 0.6) is 0 Å². The van der Waals surface area contributed by atoms with E-state index in [4.69, 9.17) is 19.1 Å². The van der Waals surface area contributed by atoms with Crippen LogP contribution in [0, 0.1) is 0 Å². The van der Waals surface area contributed by atoms with E-state index in [1.807, 2.05) is 0 Å². The Bertz CT molecular complexity index is 857. The van der Waals surface area contributed by atoms with Crippen LogP contribution in [0.4, 0.5) is 9.18 Å². The highest BCUT2D eigenvalue weighted by molar-refractivity contribution is 5.70. The van der Waals surface area contributed by atoms with E-state index in [9.17, 15) is 9.18 Å². The van der Waals surface area contributed by atoms with Crippen LogP contribution in [0.2, 0.25) is 0 Å². The van der Waals surface area contributed by atoms with E-state index in [2.05, 4.69) is 5.16 Å². The number of benzene rings is 1. The minimum atomic E-state index is -1.02. The quantitative estimate of drug-likeness (QED) is 0.818. The number of rotatable bonds is 4. The highest BCUT2D eigenvalue weighted by Crippen LogP contribution is 2.42. The van der Waals surface area contributed by atoms with Gasteiger partial charge in [-0.3, -0.25) is 4.90 Å². The van der Waals surface area contributed by atoms with Crippen LogP contribution in [-0.4, -0.2) is 45.3 Å². The standard InChI is InChI=1S/C21H27FN2O5/c1-20(2,3)28-19(26)24-16(11-22)18(27-21(24,4)5)14-8-6-13(7-9-14)17-10-15(12-25)23-29-17/h6-10,16,18,25H,11-12H2,1-5H3. The second kappa shape index (κ2) is 7.76. The number of ether oxygens (including phenoxy) is 2. The van der Waals surface area contributed by atoms with Gasteiger partial charge in [0, 0.05) is 11.6 Å². The average Bonchev–Trinajstić information content (AvgIpc) is 3.22. The van der Waals surface area contributed by atoms with Gasteiger partial charge in [-0.05, 0) is 40.2 Å².